The Balaban J connectivity index is 1.77. The molecule has 0 aliphatic carbocycles. The second-order valence-electron chi connectivity index (χ2n) is 5.20. The Kier molecular flexibility index (Phi) is 3.28. The summed E-state index contributed by atoms with van der Waals surface area (Å²) in [5.74, 6) is 0.657. The minimum atomic E-state index is -0.352. The zero-order valence-corrected chi connectivity index (χ0v) is 12.8. The van der Waals surface area contributed by atoms with Gasteiger partial charge in [-0.25, -0.2) is 4.98 Å². The van der Waals surface area contributed by atoms with Gasteiger partial charge >= 0.3 is 0 Å². The number of benzene rings is 2. The van der Waals surface area contributed by atoms with Crippen molar-refractivity contribution >= 4 is 34.4 Å². The van der Waals surface area contributed by atoms with Crippen molar-refractivity contribution in [2.45, 2.75) is 6.10 Å². The molecule has 0 saturated heterocycles. The summed E-state index contributed by atoms with van der Waals surface area (Å²) >= 11 is 6.05. The Hall–Kier alpha value is -2.79. The fourth-order valence-electron chi connectivity index (χ4n) is 2.54. The monoisotopic (exact) mass is 324 g/mol. The minimum Gasteiger partial charge on any atom is -0.453 e. The number of para-hydroxylation sites is 2. The normalized spacial score (nSPS) is 17.5. The molecule has 0 radical (unpaired) electrons. The molecular weight excluding hydrogens is 312 g/mol. The van der Waals surface area contributed by atoms with Gasteiger partial charge in [0.1, 0.15) is 11.8 Å². The first-order valence-corrected chi connectivity index (χ1v) is 7.50. The Labute approximate surface area is 137 Å². The number of amidine groups is 1. The van der Waals surface area contributed by atoms with Crippen LogP contribution in [0.1, 0.15) is 17.5 Å². The average Bonchev–Trinajstić information content (AvgIpc) is 2.98. The van der Waals surface area contributed by atoms with E-state index in [0.29, 0.717) is 16.5 Å². The fourth-order valence-corrected chi connectivity index (χ4v) is 2.74. The van der Waals surface area contributed by atoms with Crippen molar-refractivity contribution in [1.29, 1.82) is 0 Å². The molecule has 0 fully saturated rings. The molecule has 1 atom stereocenters. The van der Waals surface area contributed by atoms with Crippen LogP contribution >= 0.6 is 11.6 Å². The lowest BCUT2D eigenvalue weighted by Crippen LogP contribution is -2.22. The van der Waals surface area contributed by atoms with Gasteiger partial charge in [-0.1, -0.05) is 35.9 Å². The Morgan fingerprint density at radius 2 is 2.00 bits per heavy atom. The van der Waals surface area contributed by atoms with Gasteiger partial charge in [0.15, 0.2) is 5.82 Å². The standard InChI is InChI=1S/C17H13ClN4O/c18-11-5-3-4-10(8-11)15-9-14(22-17(19)23-15)16-20-12-6-1-2-7-13(12)21-16/h1-9,15H,(H2,19,22)(H,20,21). The second kappa shape index (κ2) is 5.44. The molecule has 1 aliphatic rings. The van der Waals surface area contributed by atoms with Crippen LogP contribution in [0.5, 0.6) is 0 Å². The number of hydrogen-bond acceptors (Lipinski definition) is 4. The van der Waals surface area contributed by atoms with E-state index in [-0.39, 0.29) is 12.1 Å². The number of H-pyrrole nitrogens is 1. The van der Waals surface area contributed by atoms with Crippen molar-refractivity contribution in [2.75, 3.05) is 0 Å². The smallest absolute Gasteiger partial charge is 0.288 e. The molecule has 6 heteroatoms. The van der Waals surface area contributed by atoms with Gasteiger partial charge in [-0.15, -0.1) is 0 Å². The van der Waals surface area contributed by atoms with Gasteiger partial charge in [0.25, 0.3) is 6.02 Å². The van der Waals surface area contributed by atoms with E-state index in [9.17, 15) is 0 Å². The number of hydrogen-bond donors (Lipinski definition) is 2. The van der Waals surface area contributed by atoms with Gasteiger partial charge in [-0.2, -0.15) is 4.99 Å². The Bertz CT molecular complexity index is 911. The minimum absolute atomic E-state index is 0.105. The summed E-state index contributed by atoms with van der Waals surface area (Å²) in [6.45, 7) is 0. The molecule has 0 spiro atoms. The first kappa shape index (κ1) is 13.8. The molecule has 1 aromatic heterocycles. The van der Waals surface area contributed by atoms with Gasteiger partial charge in [0.2, 0.25) is 0 Å². The van der Waals surface area contributed by atoms with Crippen LogP contribution in [0.4, 0.5) is 0 Å². The molecule has 5 nitrogen and oxygen atoms in total. The highest BCUT2D eigenvalue weighted by Crippen LogP contribution is 2.30. The van der Waals surface area contributed by atoms with Crippen molar-refractivity contribution in [2.24, 2.45) is 10.7 Å². The number of halogens is 1. The van der Waals surface area contributed by atoms with E-state index in [1.807, 2.05) is 54.6 Å². The third-order valence-corrected chi connectivity index (χ3v) is 3.83. The second-order valence-corrected chi connectivity index (χ2v) is 5.63. The summed E-state index contributed by atoms with van der Waals surface area (Å²) in [7, 11) is 0. The van der Waals surface area contributed by atoms with Crippen molar-refractivity contribution in [3.05, 3.63) is 71.0 Å². The molecule has 3 aromatic rings. The number of rotatable bonds is 2. The van der Waals surface area contributed by atoms with Crippen LogP contribution < -0.4 is 5.73 Å². The number of nitrogens with two attached hydrogens (primary N) is 1. The van der Waals surface area contributed by atoms with Crippen molar-refractivity contribution in [1.82, 2.24) is 9.97 Å². The molecule has 1 unspecified atom stereocenters. The van der Waals surface area contributed by atoms with E-state index in [0.717, 1.165) is 16.6 Å². The third kappa shape index (κ3) is 2.66. The summed E-state index contributed by atoms with van der Waals surface area (Å²) in [5.41, 5.74) is 9.21. The topological polar surface area (TPSA) is 76.3 Å². The number of aromatic amines is 1. The van der Waals surface area contributed by atoms with E-state index in [4.69, 9.17) is 22.1 Å². The van der Waals surface area contributed by atoms with Crippen LogP contribution in [0.2, 0.25) is 5.02 Å². The van der Waals surface area contributed by atoms with Gasteiger partial charge in [-0.05, 0) is 35.9 Å². The largest absolute Gasteiger partial charge is 0.453 e. The first-order valence-electron chi connectivity index (χ1n) is 7.12. The predicted molar refractivity (Wildman–Crippen MR) is 91.0 cm³/mol. The zero-order chi connectivity index (χ0) is 15.8. The molecule has 114 valence electrons. The van der Waals surface area contributed by atoms with E-state index in [1.165, 1.54) is 0 Å². The van der Waals surface area contributed by atoms with Crippen LogP contribution in [-0.2, 0) is 4.74 Å². The molecule has 4 rings (SSSR count). The number of nitrogens with one attached hydrogen (secondary N) is 1. The highest BCUT2D eigenvalue weighted by atomic mass is 35.5. The SMILES string of the molecule is NC1=NC(c2nc3ccccc3[nH]2)=CC(c2cccc(Cl)c2)O1. The van der Waals surface area contributed by atoms with Crippen LogP contribution in [0.15, 0.2) is 59.6 Å². The van der Waals surface area contributed by atoms with Crippen LogP contribution in [0.25, 0.3) is 16.7 Å². The molecule has 2 heterocycles. The number of nitrogens with zero attached hydrogens (tertiary/aromatic N) is 2. The van der Waals surface area contributed by atoms with Gasteiger partial charge in [-0.3, -0.25) is 0 Å². The number of ether oxygens (including phenoxy) is 1. The third-order valence-electron chi connectivity index (χ3n) is 3.60. The van der Waals surface area contributed by atoms with E-state index >= 15 is 0 Å². The first-order chi connectivity index (χ1) is 11.2. The average molecular weight is 325 g/mol. The summed E-state index contributed by atoms with van der Waals surface area (Å²) in [6.07, 6.45) is 1.52. The highest BCUT2D eigenvalue weighted by Gasteiger charge is 2.20. The number of fused-ring (bicyclic) bond motifs is 1. The molecule has 0 saturated carbocycles. The number of imidazole rings is 1. The number of aromatic nitrogens is 2. The highest BCUT2D eigenvalue weighted by molar-refractivity contribution is 6.30. The molecule has 23 heavy (non-hydrogen) atoms. The fraction of sp³-hybridized carbons (Fsp3) is 0.0588. The van der Waals surface area contributed by atoms with E-state index in [1.54, 1.807) is 0 Å². The molecule has 1 aliphatic heterocycles. The summed E-state index contributed by atoms with van der Waals surface area (Å²) in [4.78, 5) is 12.0. The molecule has 2 aromatic carbocycles. The molecule has 0 bridgehead atoms. The maximum absolute atomic E-state index is 6.05. The maximum atomic E-state index is 6.05. The Morgan fingerprint density at radius 1 is 1.13 bits per heavy atom. The van der Waals surface area contributed by atoms with Crippen LogP contribution in [0.3, 0.4) is 0 Å². The van der Waals surface area contributed by atoms with Crippen molar-refractivity contribution in [3.63, 3.8) is 0 Å². The zero-order valence-electron chi connectivity index (χ0n) is 12.0. The van der Waals surface area contributed by atoms with Gasteiger partial charge < -0.3 is 15.5 Å². The summed E-state index contributed by atoms with van der Waals surface area (Å²) in [6, 6.07) is 15.4. The lowest BCUT2D eigenvalue weighted by molar-refractivity contribution is 0.233. The van der Waals surface area contributed by atoms with Crippen LogP contribution in [0, 0.1) is 0 Å². The molecule has 0 amide bonds. The van der Waals surface area contributed by atoms with Crippen molar-refractivity contribution < 1.29 is 4.74 Å². The quantitative estimate of drug-likeness (QED) is 0.755. The number of aliphatic imine (C=N–C) groups is 1. The van der Waals surface area contributed by atoms with Crippen LogP contribution in [-0.4, -0.2) is 16.0 Å². The molecule has 3 N–H and O–H groups in total. The predicted octanol–water partition coefficient (Wildman–Crippen LogP) is 3.64. The van der Waals surface area contributed by atoms with Gasteiger partial charge in [0, 0.05) is 5.02 Å². The van der Waals surface area contributed by atoms with Crippen molar-refractivity contribution in [3.8, 4) is 0 Å². The van der Waals surface area contributed by atoms with Gasteiger partial charge in [0.05, 0.1) is 11.0 Å². The van der Waals surface area contributed by atoms with E-state index < -0.39 is 0 Å². The lowest BCUT2D eigenvalue weighted by Gasteiger charge is -2.20. The molecular formula is C17H13ClN4O. The summed E-state index contributed by atoms with van der Waals surface area (Å²) < 4.78 is 5.60. The van der Waals surface area contributed by atoms with E-state index in [2.05, 4.69) is 15.0 Å². The summed E-state index contributed by atoms with van der Waals surface area (Å²) in [5, 5.41) is 0.644. The maximum Gasteiger partial charge on any atom is 0.288 e. The Morgan fingerprint density at radius 3 is 2.83 bits per heavy atom. The lowest BCUT2D eigenvalue weighted by atomic mass is 10.1.